The summed E-state index contributed by atoms with van der Waals surface area (Å²) in [7, 11) is 0. The van der Waals surface area contributed by atoms with E-state index in [1.165, 1.54) is 0 Å². The summed E-state index contributed by atoms with van der Waals surface area (Å²) in [5.74, 6) is -8.82. The lowest BCUT2D eigenvalue weighted by molar-refractivity contribution is -0.418. The molecule has 5 fully saturated rings. The van der Waals surface area contributed by atoms with Crippen LogP contribution in [0.3, 0.4) is 0 Å². The SMILES string of the molecule is CCC(C(=O)O)C1CCC(C)C(C(C)C(O)C(C)C(=O)C(CC)C2(C)OC3(C=CC(OC(=O)CCC(=O)NC4NC(CO)C(O)C(O)C4O)C4(CCC(C5(C)CCC(O)(CC)C(C)O5)O4)O3)C(C)CC2C)O1. The van der Waals surface area contributed by atoms with E-state index in [9.17, 15) is 54.9 Å². The van der Waals surface area contributed by atoms with Gasteiger partial charge in [-0.2, -0.15) is 0 Å². The van der Waals surface area contributed by atoms with Crippen LogP contribution in [0.25, 0.3) is 0 Å². The molecule has 5 saturated heterocycles. The molecule has 0 aromatic heterocycles. The molecule has 6 aliphatic heterocycles. The fourth-order valence-electron chi connectivity index (χ4n) is 13.0. The summed E-state index contributed by atoms with van der Waals surface area (Å²) >= 11 is 0. The zero-order valence-electron chi connectivity index (χ0n) is 44.5. The molecule has 72 heavy (non-hydrogen) atoms. The van der Waals surface area contributed by atoms with Crippen LogP contribution in [0.4, 0.5) is 0 Å². The number of piperidine rings is 1. The molecule has 0 aromatic carbocycles. The van der Waals surface area contributed by atoms with Crippen molar-refractivity contribution >= 4 is 23.6 Å². The fraction of sp³-hybridized carbons (Fsp3) is 0.887. The van der Waals surface area contributed by atoms with E-state index in [4.69, 9.17) is 28.4 Å². The summed E-state index contributed by atoms with van der Waals surface area (Å²) in [6.45, 7) is 20.5. The van der Waals surface area contributed by atoms with Crippen LogP contribution in [0.5, 0.6) is 0 Å². The number of amides is 1. The zero-order chi connectivity index (χ0) is 53.5. The van der Waals surface area contributed by atoms with Crippen molar-refractivity contribution in [3.05, 3.63) is 12.2 Å². The fourth-order valence-corrected chi connectivity index (χ4v) is 13.0. The Hall–Kier alpha value is -2.66. The Morgan fingerprint density at radius 1 is 0.875 bits per heavy atom. The van der Waals surface area contributed by atoms with Gasteiger partial charge in [-0.3, -0.25) is 24.5 Å². The number of aliphatic hydroxyl groups is 6. The van der Waals surface area contributed by atoms with E-state index >= 15 is 0 Å². The standard InChI is InChI=1S/C53H88N2O17/c1-12-33(48(64)65)36-16-15-27(4)46(67-36)31(8)41(59)30(7)42(60)34(13-2)50(11)28(5)25-29(6)52(71-50)21-20-38(53(72-52)22-19-37(70-53)49(10)23-24-51(66,14-3)32(9)69-49)68-40(58)18-17-39(57)55-47-45(63)44(62)43(61)35(26-56)54-47/h20-21,27-38,41,43-47,54,56,59,61-63,66H,12-19,22-26H2,1-11H3,(H,55,57)(H,64,65). The molecule has 6 rings (SSSR count). The van der Waals surface area contributed by atoms with Crippen molar-refractivity contribution < 1.29 is 83.3 Å². The Kier molecular flexibility index (Phi) is 18.6. The maximum Gasteiger partial charge on any atom is 0.309 e. The number of carbonyl (C=O) groups excluding carboxylic acids is 3. The molecule has 0 saturated carbocycles. The monoisotopic (exact) mass is 1020 g/mol. The van der Waals surface area contributed by atoms with Crippen LogP contribution in [-0.2, 0) is 47.6 Å². The van der Waals surface area contributed by atoms with Gasteiger partial charge in [-0.1, -0.05) is 55.4 Å². The Balaban J connectivity index is 1.23. The largest absolute Gasteiger partial charge is 0.481 e. The van der Waals surface area contributed by atoms with Crippen LogP contribution in [0.1, 0.15) is 153 Å². The number of hydrogen-bond donors (Lipinski definition) is 9. The predicted octanol–water partition coefficient (Wildman–Crippen LogP) is 3.40. The number of ether oxygens (including phenoxy) is 6. The van der Waals surface area contributed by atoms with Crippen LogP contribution in [0, 0.1) is 41.4 Å². The number of rotatable bonds is 18. The molecule has 0 aliphatic carbocycles. The number of carboxylic acids is 1. The van der Waals surface area contributed by atoms with Gasteiger partial charge >= 0.3 is 11.9 Å². The number of nitrogens with one attached hydrogen (secondary N) is 2. The first-order valence-corrected chi connectivity index (χ1v) is 26.9. The highest BCUT2D eigenvalue weighted by Gasteiger charge is 2.65. The summed E-state index contributed by atoms with van der Waals surface area (Å²) in [5.41, 5.74) is -3.02. The van der Waals surface area contributed by atoms with Crippen LogP contribution in [-0.4, -0.2) is 162 Å². The Bertz CT molecular complexity index is 1940. The molecule has 6 heterocycles. The van der Waals surface area contributed by atoms with Crippen molar-refractivity contribution in [2.24, 2.45) is 41.4 Å². The van der Waals surface area contributed by atoms with Crippen molar-refractivity contribution in [1.29, 1.82) is 0 Å². The van der Waals surface area contributed by atoms with E-state index in [0.29, 0.717) is 51.4 Å². The molecule has 1 amide bonds. The van der Waals surface area contributed by atoms with Crippen molar-refractivity contribution in [3.8, 4) is 0 Å². The molecule has 0 radical (unpaired) electrons. The van der Waals surface area contributed by atoms with Gasteiger partial charge in [0.2, 0.25) is 11.7 Å². The molecule has 9 N–H and O–H groups in total. The third-order valence-corrected chi connectivity index (χ3v) is 18.3. The van der Waals surface area contributed by atoms with Gasteiger partial charge < -0.3 is 69.5 Å². The summed E-state index contributed by atoms with van der Waals surface area (Å²) in [6.07, 6.45) is -2.80. The molecule has 19 nitrogen and oxygen atoms in total. The van der Waals surface area contributed by atoms with Gasteiger partial charge in [-0.15, -0.1) is 0 Å². The van der Waals surface area contributed by atoms with Crippen molar-refractivity contribution in [3.63, 3.8) is 0 Å². The number of aliphatic hydroxyl groups excluding tert-OH is 5. The van der Waals surface area contributed by atoms with Gasteiger partial charge in [-0.25, -0.2) is 0 Å². The Morgan fingerprint density at radius 3 is 2.18 bits per heavy atom. The number of Topliss-reactive ketones (excluding diaryl/α,β-unsaturated/α-hetero) is 1. The molecule has 23 atom stereocenters. The smallest absolute Gasteiger partial charge is 0.309 e. The van der Waals surface area contributed by atoms with Crippen molar-refractivity contribution in [2.75, 3.05) is 6.61 Å². The lowest BCUT2D eigenvalue weighted by Gasteiger charge is -2.58. The van der Waals surface area contributed by atoms with Gasteiger partial charge in [0.15, 0.2) is 11.9 Å². The summed E-state index contributed by atoms with van der Waals surface area (Å²) < 4.78 is 40.7. The van der Waals surface area contributed by atoms with E-state index < -0.39 is 150 Å². The topological polar surface area (TPSA) is 289 Å². The average Bonchev–Trinajstić information content (AvgIpc) is 3.77. The summed E-state index contributed by atoms with van der Waals surface area (Å²) in [6, 6.07) is -1.02. The van der Waals surface area contributed by atoms with Crippen molar-refractivity contribution in [2.45, 2.75) is 249 Å². The van der Waals surface area contributed by atoms with E-state index in [1.807, 2.05) is 69.2 Å². The second-order valence-electron chi connectivity index (χ2n) is 22.9. The number of aliphatic carboxylic acids is 1. The molecule has 0 bridgehead atoms. The van der Waals surface area contributed by atoms with Crippen LogP contribution < -0.4 is 10.6 Å². The second kappa shape index (κ2) is 22.9. The van der Waals surface area contributed by atoms with Crippen LogP contribution in [0.15, 0.2) is 12.2 Å². The number of esters is 1. The highest BCUT2D eigenvalue weighted by Crippen LogP contribution is 2.56. The number of ketones is 1. The normalized spacial score (nSPS) is 44.4. The lowest BCUT2D eigenvalue weighted by atomic mass is 9.66. The minimum atomic E-state index is -1.65. The van der Waals surface area contributed by atoms with Crippen LogP contribution >= 0.6 is 0 Å². The minimum Gasteiger partial charge on any atom is -0.481 e. The van der Waals surface area contributed by atoms with Gasteiger partial charge in [-0.05, 0) is 103 Å². The molecule has 19 heteroatoms. The molecule has 6 aliphatic rings. The second-order valence-corrected chi connectivity index (χ2v) is 22.9. The molecule has 0 aromatic rings. The quantitative estimate of drug-likeness (QED) is 0.0702. The maximum absolute atomic E-state index is 15.0. The average molecular weight is 1030 g/mol. The maximum atomic E-state index is 15.0. The molecular formula is C53H88N2O17. The Labute approximate surface area is 425 Å². The number of hydrogen-bond acceptors (Lipinski definition) is 17. The van der Waals surface area contributed by atoms with Crippen molar-refractivity contribution in [1.82, 2.24) is 10.6 Å². The van der Waals surface area contributed by atoms with E-state index in [1.54, 1.807) is 19.1 Å². The molecule has 2 spiro atoms. The highest BCUT2D eigenvalue weighted by atomic mass is 16.8. The van der Waals surface area contributed by atoms with E-state index in [0.717, 1.165) is 6.42 Å². The third-order valence-electron chi connectivity index (χ3n) is 18.3. The molecular weight excluding hydrogens is 937 g/mol. The van der Waals surface area contributed by atoms with E-state index in [-0.39, 0.29) is 36.4 Å². The Morgan fingerprint density at radius 2 is 1.57 bits per heavy atom. The summed E-state index contributed by atoms with van der Waals surface area (Å²) in [5, 5.41) is 79.0. The van der Waals surface area contributed by atoms with E-state index in [2.05, 4.69) is 10.6 Å². The van der Waals surface area contributed by atoms with Gasteiger partial charge in [0, 0.05) is 36.5 Å². The molecule has 23 unspecified atom stereocenters. The number of carbonyl (C=O) groups is 4. The van der Waals surface area contributed by atoms with Gasteiger partial charge in [0.1, 0.15) is 30.3 Å². The molecule has 412 valence electrons. The van der Waals surface area contributed by atoms with Gasteiger partial charge in [0.05, 0.1) is 72.3 Å². The zero-order valence-corrected chi connectivity index (χ0v) is 44.5. The summed E-state index contributed by atoms with van der Waals surface area (Å²) in [4.78, 5) is 53.9. The predicted molar refractivity (Wildman–Crippen MR) is 260 cm³/mol. The van der Waals surface area contributed by atoms with Crippen LogP contribution in [0.2, 0.25) is 0 Å². The third kappa shape index (κ3) is 11.4. The highest BCUT2D eigenvalue weighted by molar-refractivity contribution is 5.85. The first-order chi connectivity index (χ1) is 33.7. The minimum absolute atomic E-state index is 0.0346. The number of carboxylic acid groups (broad SMARTS) is 1. The first-order valence-electron chi connectivity index (χ1n) is 26.9. The lowest BCUT2D eigenvalue weighted by Crippen LogP contribution is -2.70. The van der Waals surface area contributed by atoms with Gasteiger partial charge in [0.25, 0.3) is 0 Å². The first kappa shape index (κ1) is 58.6.